The van der Waals surface area contributed by atoms with Crippen LogP contribution in [0.25, 0.3) is 0 Å². The van der Waals surface area contributed by atoms with Gasteiger partial charge in [0.2, 0.25) is 0 Å². The van der Waals surface area contributed by atoms with Crippen molar-refractivity contribution in [1.82, 2.24) is 4.90 Å². The summed E-state index contributed by atoms with van der Waals surface area (Å²) < 4.78 is 19.0. The minimum atomic E-state index is -0.801. The maximum atomic E-state index is 13.6. The number of amides is 1. The molecule has 1 heterocycles. The fourth-order valence-corrected chi connectivity index (χ4v) is 3.88. The Morgan fingerprint density at radius 2 is 1.79 bits per heavy atom. The van der Waals surface area contributed by atoms with Crippen LogP contribution >= 0.6 is 0 Å². The number of carbonyl (C=O) groups excluding carboxylic acids is 2. The average molecular weight is 333 g/mol. The number of likely N-dealkylation sites (tertiary alicyclic amines) is 1. The molecule has 0 radical (unpaired) electrons. The normalized spacial score (nSPS) is 20.0. The lowest BCUT2D eigenvalue weighted by Gasteiger charge is -2.29. The van der Waals surface area contributed by atoms with Gasteiger partial charge in [-0.1, -0.05) is 25.0 Å². The molecule has 0 bridgehead atoms. The van der Waals surface area contributed by atoms with Gasteiger partial charge >= 0.3 is 5.97 Å². The molecular weight excluding hydrogens is 309 g/mol. The number of hydrogen-bond acceptors (Lipinski definition) is 3. The number of hydrogen-bond donors (Lipinski definition) is 0. The predicted molar refractivity (Wildman–Crippen MR) is 87.9 cm³/mol. The maximum Gasteiger partial charge on any atom is 0.317 e. The van der Waals surface area contributed by atoms with Gasteiger partial charge in [-0.15, -0.1) is 0 Å². The van der Waals surface area contributed by atoms with E-state index in [1.54, 1.807) is 17.0 Å². The van der Waals surface area contributed by atoms with Gasteiger partial charge in [-0.3, -0.25) is 9.59 Å². The van der Waals surface area contributed by atoms with Crippen molar-refractivity contribution in [1.29, 1.82) is 0 Å². The molecule has 2 fully saturated rings. The lowest BCUT2D eigenvalue weighted by atomic mass is 9.79. The van der Waals surface area contributed by atoms with Gasteiger partial charge in [0.1, 0.15) is 5.82 Å². The van der Waals surface area contributed by atoms with Crippen LogP contribution in [-0.4, -0.2) is 36.5 Å². The molecule has 0 spiro atoms. The molecular formula is C19H24FNO3. The van der Waals surface area contributed by atoms with Crippen molar-refractivity contribution >= 4 is 11.9 Å². The lowest BCUT2D eigenvalue weighted by molar-refractivity contribution is -0.157. The zero-order chi connectivity index (χ0) is 17.0. The first kappa shape index (κ1) is 16.9. The van der Waals surface area contributed by atoms with E-state index in [-0.39, 0.29) is 18.3 Å². The number of esters is 1. The first-order valence-electron chi connectivity index (χ1n) is 8.83. The zero-order valence-electron chi connectivity index (χ0n) is 13.9. The summed E-state index contributed by atoms with van der Waals surface area (Å²) in [7, 11) is 0. The first-order valence-corrected chi connectivity index (χ1v) is 8.83. The summed E-state index contributed by atoms with van der Waals surface area (Å²) in [5.74, 6) is -0.873. The van der Waals surface area contributed by atoms with E-state index in [4.69, 9.17) is 4.74 Å². The van der Waals surface area contributed by atoms with E-state index in [2.05, 4.69) is 0 Å². The van der Waals surface area contributed by atoms with Gasteiger partial charge in [0, 0.05) is 13.1 Å². The standard InChI is InChI=1S/C19H24FNO3/c20-16-8-6-7-15(13-16)19(9-2-3-10-19)18(23)24-14-17(22)21-11-4-1-5-12-21/h6-8,13H,1-5,9-12,14H2. The number of halogens is 1. The second-order valence-corrected chi connectivity index (χ2v) is 6.82. The van der Waals surface area contributed by atoms with E-state index in [9.17, 15) is 14.0 Å². The molecule has 0 N–H and O–H groups in total. The van der Waals surface area contributed by atoms with Crippen molar-refractivity contribution in [3.8, 4) is 0 Å². The molecule has 1 aromatic carbocycles. The highest BCUT2D eigenvalue weighted by atomic mass is 19.1. The molecule has 0 aromatic heterocycles. The lowest BCUT2D eigenvalue weighted by Crippen LogP contribution is -2.41. The van der Waals surface area contributed by atoms with Crippen molar-refractivity contribution < 1.29 is 18.7 Å². The monoisotopic (exact) mass is 333 g/mol. The van der Waals surface area contributed by atoms with Gasteiger partial charge in [0.05, 0.1) is 5.41 Å². The van der Waals surface area contributed by atoms with Crippen molar-refractivity contribution in [2.45, 2.75) is 50.4 Å². The second-order valence-electron chi connectivity index (χ2n) is 6.82. The molecule has 1 saturated carbocycles. The van der Waals surface area contributed by atoms with Crippen molar-refractivity contribution in [3.05, 3.63) is 35.6 Å². The molecule has 1 aromatic rings. The highest BCUT2D eigenvalue weighted by molar-refractivity contribution is 5.86. The highest BCUT2D eigenvalue weighted by Crippen LogP contribution is 2.42. The number of carbonyl (C=O) groups is 2. The van der Waals surface area contributed by atoms with Gasteiger partial charge in [0.25, 0.3) is 5.91 Å². The Balaban J connectivity index is 1.68. The predicted octanol–water partition coefficient (Wildman–Crippen LogP) is 3.19. The second kappa shape index (κ2) is 7.32. The molecule has 5 heteroatoms. The van der Waals surface area contributed by atoms with Crippen molar-refractivity contribution in [3.63, 3.8) is 0 Å². The number of nitrogens with zero attached hydrogens (tertiary/aromatic N) is 1. The van der Waals surface area contributed by atoms with Crippen molar-refractivity contribution in [2.24, 2.45) is 0 Å². The molecule has 24 heavy (non-hydrogen) atoms. The zero-order valence-corrected chi connectivity index (χ0v) is 13.9. The van der Waals surface area contributed by atoms with E-state index in [1.807, 2.05) is 0 Å². The number of benzene rings is 1. The number of piperidine rings is 1. The summed E-state index contributed by atoms with van der Waals surface area (Å²) in [6.45, 7) is 1.27. The Hall–Kier alpha value is -1.91. The van der Waals surface area contributed by atoms with Crippen LogP contribution < -0.4 is 0 Å². The van der Waals surface area contributed by atoms with E-state index in [0.717, 1.165) is 45.2 Å². The fourth-order valence-electron chi connectivity index (χ4n) is 3.88. The van der Waals surface area contributed by atoms with Crippen LogP contribution in [0.4, 0.5) is 4.39 Å². The van der Waals surface area contributed by atoms with E-state index in [0.29, 0.717) is 18.4 Å². The Bertz CT molecular complexity index is 604. The van der Waals surface area contributed by atoms with Gasteiger partial charge in [0.15, 0.2) is 6.61 Å². The maximum absolute atomic E-state index is 13.6. The van der Waals surface area contributed by atoms with Crippen LogP contribution in [0.2, 0.25) is 0 Å². The summed E-state index contributed by atoms with van der Waals surface area (Å²) >= 11 is 0. The summed E-state index contributed by atoms with van der Waals surface area (Å²) in [5.41, 5.74) is -0.139. The third kappa shape index (κ3) is 3.45. The SMILES string of the molecule is O=C(COC(=O)C1(c2cccc(F)c2)CCCC1)N1CCCCC1. The quantitative estimate of drug-likeness (QED) is 0.795. The molecule has 3 rings (SSSR count). The molecule has 1 aliphatic heterocycles. The van der Waals surface area contributed by atoms with E-state index in [1.165, 1.54) is 12.1 Å². The van der Waals surface area contributed by atoms with Gasteiger partial charge < -0.3 is 9.64 Å². The number of ether oxygens (including phenoxy) is 1. The fraction of sp³-hybridized carbons (Fsp3) is 0.579. The third-order valence-electron chi connectivity index (χ3n) is 5.26. The molecule has 0 unspecified atom stereocenters. The Kier molecular flexibility index (Phi) is 5.17. The molecule has 2 aliphatic rings. The van der Waals surface area contributed by atoms with E-state index >= 15 is 0 Å². The number of rotatable bonds is 4. The summed E-state index contributed by atoms with van der Waals surface area (Å²) in [5, 5.41) is 0. The highest BCUT2D eigenvalue weighted by Gasteiger charge is 2.44. The summed E-state index contributed by atoms with van der Waals surface area (Å²) in [4.78, 5) is 26.7. The van der Waals surface area contributed by atoms with E-state index < -0.39 is 11.4 Å². The topological polar surface area (TPSA) is 46.6 Å². The van der Waals surface area contributed by atoms with Gasteiger partial charge in [-0.25, -0.2) is 4.39 Å². The minimum Gasteiger partial charge on any atom is -0.455 e. The molecule has 1 amide bonds. The largest absolute Gasteiger partial charge is 0.455 e. The molecule has 1 aliphatic carbocycles. The third-order valence-corrected chi connectivity index (χ3v) is 5.26. The minimum absolute atomic E-state index is 0.129. The molecule has 130 valence electrons. The smallest absolute Gasteiger partial charge is 0.317 e. The summed E-state index contributed by atoms with van der Waals surface area (Å²) in [6.07, 6.45) is 6.27. The molecule has 4 nitrogen and oxygen atoms in total. The van der Waals surface area contributed by atoms with Crippen LogP contribution in [0.3, 0.4) is 0 Å². The first-order chi connectivity index (χ1) is 11.6. The van der Waals surface area contributed by atoms with Crippen LogP contribution in [0, 0.1) is 5.82 Å². The van der Waals surface area contributed by atoms with Gasteiger partial charge in [-0.05, 0) is 49.8 Å². The van der Waals surface area contributed by atoms with Crippen molar-refractivity contribution in [2.75, 3.05) is 19.7 Å². The molecule has 1 saturated heterocycles. The Labute approximate surface area is 142 Å². The average Bonchev–Trinajstić information content (AvgIpc) is 3.11. The summed E-state index contributed by atoms with van der Waals surface area (Å²) in [6, 6.07) is 6.19. The van der Waals surface area contributed by atoms with Crippen LogP contribution in [0.1, 0.15) is 50.5 Å². The Morgan fingerprint density at radius 1 is 1.08 bits per heavy atom. The Morgan fingerprint density at radius 3 is 2.46 bits per heavy atom. The molecule has 0 atom stereocenters. The van der Waals surface area contributed by atoms with Crippen LogP contribution in [0.15, 0.2) is 24.3 Å². The van der Waals surface area contributed by atoms with Gasteiger partial charge in [-0.2, -0.15) is 0 Å². The van der Waals surface area contributed by atoms with Crippen LogP contribution in [-0.2, 0) is 19.7 Å². The van der Waals surface area contributed by atoms with Crippen LogP contribution in [0.5, 0.6) is 0 Å².